The Morgan fingerprint density at radius 3 is 2.93 bits per heavy atom. The Morgan fingerprint density at radius 2 is 2.33 bits per heavy atom. The molecule has 0 aromatic heterocycles. The molecule has 0 aliphatic carbocycles. The van der Waals surface area contributed by atoms with Gasteiger partial charge < -0.3 is 9.84 Å². The van der Waals surface area contributed by atoms with Crippen LogP contribution in [0.1, 0.15) is 18.1 Å². The smallest absolute Gasteiger partial charge is 0.216 e. The molecule has 3 nitrogen and oxygen atoms in total. The van der Waals surface area contributed by atoms with Gasteiger partial charge in [-0.3, -0.25) is 0 Å². The Balaban J connectivity index is 2.30. The molecule has 0 saturated carbocycles. The van der Waals surface area contributed by atoms with E-state index in [1.165, 1.54) is 5.56 Å². The summed E-state index contributed by atoms with van der Waals surface area (Å²) in [5.74, 6) is 0.634. The standard InChI is InChI=1S/C12H15NO2/c1-9-4-3-5-10(6-9)11-13-12(2,7-14)8-15-11/h3-6,14H,7-8H2,1-2H3/t12-/m1/s1. The highest BCUT2D eigenvalue weighted by Crippen LogP contribution is 2.21. The van der Waals surface area contributed by atoms with Gasteiger partial charge in [0.15, 0.2) is 0 Å². The van der Waals surface area contributed by atoms with Gasteiger partial charge >= 0.3 is 0 Å². The molecule has 15 heavy (non-hydrogen) atoms. The molecule has 0 fully saturated rings. The van der Waals surface area contributed by atoms with E-state index in [0.717, 1.165) is 5.56 Å². The molecule has 1 N–H and O–H groups in total. The normalized spacial score (nSPS) is 24.9. The zero-order valence-corrected chi connectivity index (χ0v) is 9.03. The van der Waals surface area contributed by atoms with Crippen molar-refractivity contribution in [2.75, 3.05) is 13.2 Å². The second-order valence-electron chi connectivity index (χ2n) is 4.23. The van der Waals surface area contributed by atoms with Gasteiger partial charge in [0.05, 0.1) is 6.61 Å². The van der Waals surface area contributed by atoms with Crippen LogP contribution in [-0.2, 0) is 4.74 Å². The molecule has 0 saturated heterocycles. The average molecular weight is 205 g/mol. The summed E-state index contributed by atoms with van der Waals surface area (Å²) in [4.78, 5) is 4.39. The zero-order chi connectivity index (χ0) is 10.9. The van der Waals surface area contributed by atoms with E-state index >= 15 is 0 Å². The largest absolute Gasteiger partial charge is 0.475 e. The molecule has 1 aliphatic rings. The van der Waals surface area contributed by atoms with Gasteiger partial charge in [-0.1, -0.05) is 17.7 Å². The Hall–Kier alpha value is -1.35. The predicted octanol–water partition coefficient (Wildman–Crippen LogP) is 1.52. The summed E-state index contributed by atoms with van der Waals surface area (Å²) in [5, 5.41) is 9.16. The molecule has 80 valence electrons. The van der Waals surface area contributed by atoms with Gasteiger partial charge in [0.1, 0.15) is 12.1 Å². The van der Waals surface area contributed by atoms with E-state index in [2.05, 4.69) is 4.99 Å². The Bertz CT molecular complexity index is 400. The number of aliphatic imine (C=N–C) groups is 1. The molecule has 2 rings (SSSR count). The van der Waals surface area contributed by atoms with Crippen LogP contribution in [0.25, 0.3) is 0 Å². The third kappa shape index (κ3) is 2.02. The van der Waals surface area contributed by atoms with Gasteiger partial charge in [0, 0.05) is 5.56 Å². The summed E-state index contributed by atoms with van der Waals surface area (Å²) in [6.07, 6.45) is 0. The first-order valence-corrected chi connectivity index (χ1v) is 5.03. The van der Waals surface area contributed by atoms with Crippen molar-refractivity contribution in [1.29, 1.82) is 0 Å². The summed E-state index contributed by atoms with van der Waals surface area (Å²) in [5.41, 5.74) is 1.68. The highest BCUT2D eigenvalue weighted by atomic mass is 16.5. The molecule has 0 unspecified atom stereocenters. The molecule has 3 heteroatoms. The van der Waals surface area contributed by atoms with E-state index in [0.29, 0.717) is 12.5 Å². The number of aryl methyl sites for hydroxylation is 1. The summed E-state index contributed by atoms with van der Waals surface area (Å²) in [6.45, 7) is 4.38. The fourth-order valence-corrected chi connectivity index (χ4v) is 1.54. The topological polar surface area (TPSA) is 41.8 Å². The minimum Gasteiger partial charge on any atom is -0.475 e. The van der Waals surface area contributed by atoms with Gasteiger partial charge in [-0.15, -0.1) is 0 Å². The number of rotatable bonds is 2. The maximum absolute atomic E-state index is 9.16. The van der Waals surface area contributed by atoms with Gasteiger partial charge in [-0.2, -0.15) is 0 Å². The molecule has 1 atom stereocenters. The van der Waals surface area contributed by atoms with E-state index < -0.39 is 5.54 Å². The summed E-state index contributed by atoms with van der Waals surface area (Å²) < 4.78 is 5.49. The van der Waals surface area contributed by atoms with Crippen LogP contribution in [-0.4, -0.2) is 29.8 Å². The molecule has 0 radical (unpaired) electrons. The maximum Gasteiger partial charge on any atom is 0.216 e. The predicted molar refractivity (Wildman–Crippen MR) is 59.2 cm³/mol. The van der Waals surface area contributed by atoms with Crippen molar-refractivity contribution in [1.82, 2.24) is 0 Å². The van der Waals surface area contributed by atoms with Crippen LogP contribution in [0.3, 0.4) is 0 Å². The van der Waals surface area contributed by atoms with E-state index in [4.69, 9.17) is 9.84 Å². The maximum atomic E-state index is 9.16. The van der Waals surface area contributed by atoms with Crippen LogP contribution in [0, 0.1) is 6.92 Å². The first-order chi connectivity index (χ1) is 7.13. The average Bonchev–Trinajstić information content (AvgIpc) is 2.62. The molecule has 1 aromatic rings. The molecule has 0 bridgehead atoms. The lowest BCUT2D eigenvalue weighted by atomic mass is 10.1. The first kappa shape index (κ1) is 10.2. The van der Waals surface area contributed by atoms with Crippen LogP contribution in [0.5, 0.6) is 0 Å². The highest BCUT2D eigenvalue weighted by molar-refractivity contribution is 5.95. The fourth-order valence-electron chi connectivity index (χ4n) is 1.54. The van der Waals surface area contributed by atoms with Crippen LogP contribution in [0.15, 0.2) is 29.3 Å². The number of aliphatic hydroxyl groups is 1. The van der Waals surface area contributed by atoms with Crippen molar-refractivity contribution in [2.24, 2.45) is 4.99 Å². The van der Waals surface area contributed by atoms with Crippen LogP contribution in [0.4, 0.5) is 0 Å². The quantitative estimate of drug-likeness (QED) is 0.795. The number of ether oxygens (including phenoxy) is 1. The minimum absolute atomic E-state index is 0.0162. The van der Waals surface area contributed by atoms with E-state index in [1.807, 2.05) is 38.1 Å². The Labute approximate surface area is 89.4 Å². The molecule has 1 aromatic carbocycles. The third-order valence-corrected chi connectivity index (χ3v) is 2.50. The number of benzene rings is 1. The lowest BCUT2D eigenvalue weighted by Crippen LogP contribution is -2.28. The van der Waals surface area contributed by atoms with E-state index in [1.54, 1.807) is 0 Å². The van der Waals surface area contributed by atoms with Crippen LogP contribution < -0.4 is 0 Å². The third-order valence-electron chi connectivity index (χ3n) is 2.50. The van der Waals surface area contributed by atoms with Crippen molar-refractivity contribution in [3.63, 3.8) is 0 Å². The molecule has 1 aliphatic heterocycles. The van der Waals surface area contributed by atoms with Crippen molar-refractivity contribution < 1.29 is 9.84 Å². The molecule has 0 amide bonds. The number of hydrogen-bond donors (Lipinski definition) is 1. The second kappa shape index (κ2) is 3.66. The zero-order valence-electron chi connectivity index (χ0n) is 9.03. The van der Waals surface area contributed by atoms with Gasteiger partial charge in [0.25, 0.3) is 0 Å². The monoisotopic (exact) mass is 205 g/mol. The summed E-state index contributed by atoms with van der Waals surface area (Å²) in [7, 11) is 0. The van der Waals surface area contributed by atoms with Crippen molar-refractivity contribution >= 4 is 5.90 Å². The van der Waals surface area contributed by atoms with E-state index in [-0.39, 0.29) is 6.61 Å². The SMILES string of the molecule is Cc1cccc(C2=N[C@](C)(CO)CO2)c1. The number of hydrogen-bond acceptors (Lipinski definition) is 3. The van der Waals surface area contributed by atoms with Crippen molar-refractivity contribution in [3.05, 3.63) is 35.4 Å². The molecule has 1 heterocycles. The highest BCUT2D eigenvalue weighted by Gasteiger charge is 2.31. The van der Waals surface area contributed by atoms with E-state index in [9.17, 15) is 0 Å². The Kier molecular flexibility index (Phi) is 2.49. The molecular formula is C12H15NO2. The first-order valence-electron chi connectivity index (χ1n) is 5.03. The fraction of sp³-hybridized carbons (Fsp3) is 0.417. The molecular weight excluding hydrogens is 190 g/mol. The van der Waals surface area contributed by atoms with Crippen molar-refractivity contribution in [3.8, 4) is 0 Å². The lowest BCUT2D eigenvalue weighted by Gasteiger charge is -2.12. The molecule has 0 spiro atoms. The van der Waals surface area contributed by atoms with Crippen LogP contribution in [0.2, 0.25) is 0 Å². The van der Waals surface area contributed by atoms with Gasteiger partial charge in [0.2, 0.25) is 5.90 Å². The Morgan fingerprint density at radius 1 is 1.53 bits per heavy atom. The van der Waals surface area contributed by atoms with Gasteiger partial charge in [-0.25, -0.2) is 4.99 Å². The summed E-state index contributed by atoms with van der Waals surface area (Å²) >= 11 is 0. The van der Waals surface area contributed by atoms with Gasteiger partial charge in [-0.05, 0) is 26.0 Å². The van der Waals surface area contributed by atoms with Crippen LogP contribution >= 0.6 is 0 Å². The number of nitrogens with zero attached hydrogens (tertiary/aromatic N) is 1. The second-order valence-corrected chi connectivity index (χ2v) is 4.23. The van der Waals surface area contributed by atoms with Crippen molar-refractivity contribution in [2.45, 2.75) is 19.4 Å². The minimum atomic E-state index is -0.473. The summed E-state index contributed by atoms with van der Waals surface area (Å²) in [6, 6.07) is 8.01. The number of aliphatic hydroxyl groups excluding tert-OH is 1. The lowest BCUT2D eigenvalue weighted by molar-refractivity contribution is 0.170.